The minimum absolute atomic E-state index is 0.0451. The third kappa shape index (κ3) is 3.51. The smallest absolute Gasteiger partial charge is 0.326 e. The zero-order chi connectivity index (χ0) is 15.3. The monoisotopic (exact) mass is 281 g/mol. The molecule has 1 atom stereocenters. The van der Waals surface area contributed by atoms with Gasteiger partial charge >= 0.3 is 5.97 Å². The van der Waals surface area contributed by atoms with E-state index in [1.165, 1.54) is 6.08 Å². The molecule has 1 aromatic carbocycles. The molecule has 0 heterocycles. The number of rotatable bonds is 7. The molecule has 0 bridgehead atoms. The number of carbonyl (C=O) groups is 1. The highest BCUT2D eigenvalue weighted by Gasteiger charge is 2.23. The van der Waals surface area contributed by atoms with Gasteiger partial charge in [-0.05, 0) is 12.5 Å². The molecule has 0 saturated heterocycles. The van der Waals surface area contributed by atoms with Crippen LogP contribution < -0.4 is 5.32 Å². The Morgan fingerprint density at radius 1 is 1.40 bits per heavy atom. The van der Waals surface area contributed by atoms with Crippen molar-refractivity contribution in [3.05, 3.63) is 51.1 Å². The molecule has 9 heteroatoms. The molecule has 0 aliphatic carbocycles. The highest BCUT2D eigenvalue weighted by Crippen LogP contribution is 2.29. The van der Waals surface area contributed by atoms with Gasteiger partial charge in [-0.3, -0.25) is 20.2 Å². The number of benzene rings is 1. The van der Waals surface area contributed by atoms with E-state index in [-0.39, 0.29) is 12.1 Å². The number of nitro benzene ring substituents is 2. The maximum atomic E-state index is 11.0. The maximum absolute atomic E-state index is 11.0. The molecule has 1 rings (SSSR count). The number of nitrogens with one attached hydrogen (secondary N) is 1. The zero-order valence-electron chi connectivity index (χ0n) is 10.2. The van der Waals surface area contributed by atoms with E-state index in [1.807, 2.05) is 0 Å². The van der Waals surface area contributed by atoms with E-state index < -0.39 is 33.2 Å². The molecule has 0 aliphatic heterocycles. The third-order valence-corrected chi connectivity index (χ3v) is 2.42. The summed E-state index contributed by atoms with van der Waals surface area (Å²) in [4.78, 5) is 30.8. The molecule has 9 nitrogen and oxygen atoms in total. The van der Waals surface area contributed by atoms with Crippen LogP contribution in [0.2, 0.25) is 0 Å². The molecule has 0 aromatic heterocycles. The largest absolute Gasteiger partial charge is 0.480 e. The maximum Gasteiger partial charge on any atom is 0.326 e. The third-order valence-electron chi connectivity index (χ3n) is 2.42. The number of hydrogen-bond acceptors (Lipinski definition) is 6. The van der Waals surface area contributed by atoms with Crippen LogP contribution in [-0.4, -0.2) is 27.0 Å². The molecule has 2 N–H and O–H groups in total. The Morgan fingerprint density at radius 3 is 2.50 bits per heavy atom. The molecule has 0 saturated carbocycles. The van der Waals surface area contributed by atoms with Crippen molar-refractivity contribution in [1.82, 2.24) is 0 Å². The van der Waals surface area contributed by atoms with Gasteiger partial charge in [0.05, 0.1) is 15.9 Å². The fourth-order valence-corrected chi connectivity index (χ4v) is 1.48. The predicted octanol–water partition coefficient (Wildman–Crippen LogP) is 1.94. The minimum Gasteiger partial charge on any atom is -0.480 e. The lowest BCUT2D eigenvalue weighted by atomic mass is 10.1. The summed E-state index contributed by atoms with van der Waals surface area (Å²) < 4.78 is 0. The van der Waals surface area contributed by atoms with Crippen molar-refractivity contribution in [2.45, 2.75) is 12.5 Å². The number of hydrogen-bond donors (Lipinski definition) is 2. The second-order valence-corrected chi connectivity index (χ2v) is 3.78. The van der Waals surface area contributed by atoms with Crippen LogP contribution >= 0.6 is 0 Å². The van der Waals surface area contributed by atoms with Gasteiger partial charge in [0.2, 0.25) is 0 Å². The number of carboxylic acids is 1. The van der Waals surface area contributed by atoms with Gasteiger partial charge in [-0.25, -0.2) is 4.79 Å². The predicted molar refractivity (Wildman–Crippen MR) is 69.6 cm³/mol. The first-order valence-corrected chi connectivity index (χ1v) is 5.40. The summed E-state index contributed by atoms with van der Waals surface area (Å²) in [5, 5.41) is 32.9. The second-order valence-electron chi connectivity index (χ2n) is 3.78. The molecule has 0 amide bonds. The van der Waals surface area contributed by atoms with Crippen molar-refractivity contribution in [3.63, 3.8) is 0 Å². The van der Waals surface area contributed by atoms with Gasteiger partial charge < -0.3 is 10.4 Å². The lowest BCUT2D eigenvalue weighted by molar-refractivity contribution is -0.393. The Bertz CT molecular complexity index is 571. The van der Waals surface area contributed by atoms with Crippen LogP contribution in [0.15, 0.2) is 30.9 Å². The summed E-state index contributed by atoms with van der Waals surface area (Å²) in [7, 11) is 0. The fraction of sp³-hybridized carbons (Fsp3) is 0.182. The van der Waals surface area contributed by atoms with E-state index in [9.17, 15) is 25.0 Å². The average molecular weight is 281 g/mol. The van der Waals surface area contributed by atoms with Crippen molar-refractivity contribution in [1.29, 1.82) is 0 Å². The minimum atomic E-state index is -1.21. The summed E-state index contributed by atoms with van der Waals surface area (Å²) in [5.41, 5.74) is -1.11. The Morgan fingerprint density at radius 2 is 2.05 bits per heavy atom. The molecule has 0 fully saturated rings. The van der Waals surface area contributed by atoms with Crippen LogP contribution in [0.25, 0.3) is 0 Å². The lowest BCUT2D eigenvalue weighted by Gasteiger charge is -2.13. The number of non-ortho nitro benzene ring substituents is 1. The molecule has 106 valence electrons. The fourth-order valence-electron chi connectivity index (χ4n) is 1.48. The molecule has 1 aromatic rings. The number of carboxylic acid groups (broad SMARTS) is 1. The summed E-state index contributed by atoms with van der Waals surface area (Å²) in [6.07, 6.45) is 1.40. The van der Waals surface area contributed by atoms with E-state index in [4.69, 9.17) is 5.11 Å². The molecule has 0 spiro atoms. The van der Waals surface area contributed by atoms with Crippen LogP contribution in [0.1, 0.15) is 6.42 Å². The van der Waals surface area contributed by atoms with Crippen LogP contribution in [0.5, 0.6) is 0 Å². The molecule has 0 radical (unpaired) electrons. The van der Waals surface area contributed by atoms with Crippen LogP contribution in [0.4, 0.5) is 17.1 Å². The SMILES string of the molecule is C=CCC(Nc1ccc([N+](=O)[O-])cc1[N+](=O)[O-])C(=O)O. The quantitative estimate of drug-likeness (QED) is 0.442. The van der Waals surface area contributed by atoms with Crippen molar-refractivity contribution in [2.24, 2.45) is 0 Å². The lowest BCUT2D eigenvalue weighted by Crippen LogP contribution is -2.28. The van der Waals surface area contributed by atoms with E-state index in [1.54, 1.807) is 0 Å². The summed E-state index contributed by atoms with van der Waals surface area (Å²) in [5.74, 6) is -1.21. The van der Waals surface area contributed by atoms with Crippen LogP contribution in [-0.2, 0) is 4.79 Å². The molecule has 0 aliphatic rings. The number of aliphatic carboxylic acids is 1. The van der Waals surface area contributed by atoms with E-state index in [0.717, 1.165) is 18.2 Å². The number of nitro groups is 2. The highest BCUT2D eigenvalue weighted by atomic mass is 16.6. The van der Waals surface area contributed by atoms with Gasteiger partial charge in [0, 0.05) is 6.07 Å². The number of nitrogens with zero attached hydrogens (tertiary/aromatic N) is 2. The molecular weight excluding hydrogens is 270 g/mol. The van der Waals surface area contributed by atoms with Gasteiger partial charge in [-0.1, -0.05) is 6.08 Å². The van der Waals surface area contributed by atoms with Crippen LogP contribution in [0, 0.1) is 20.2 Å². The first-order valence-electron chi connectivity index (χ1n) is 5.40. The van der Waals surface area contributed by atoms with Crippen molar-refractivity contribution in [3.8, 4) is 0 Å². The normalized spacial score (nSPS) is 11.4. The summed E-state index contributed by atoms with van der Waals surface area (Å²) in [6.45, 7) is 3.39. The van der Waals surface area contributed by atoms with E-state index in [2.05, 4.69) is 11.9 Å². The summed E-state index contributed by atoms with van der Waals surface area (Å²) in [6, 6.07) is 1.83. The Balaban J connectivity index is 3.16. The second kappa shape index (κ2) is 6.27. The topological polar surface area (TPSA) is 136 Å². The molecular formula is C11H11N3O6. The van der Waals surface area contributed by atoms with Crippen LogP contribution in [0.3, 0.4) is 0 Å². The van der Waals surface area contributed by atoms with Crippen molar-refractivity contribution < 1.29 is 19.7 Å². The van der Waals surface area contributed by atoms with Gasteiger partial charge in [-0.2, -0.15) is 0 Å². The van der Waals surface area contributed by atoms with Crippen molar-refractivity contribution >= 4 is 23.0 Å². The first kappa shape index (κ1) is 15.1. The van der Waals surface area contributed by atoms with E-state index in [0.29, 0.717) is 0 Å². The van der Waals surface area contributed by atoms with E-state index >= 15 is 0 Å². The summed E-state index contributed by atoms with van der Waals surface area (Å²) >= 11 is 0. The Kier molecular flexibility index (Phi) is 4.73. The van der Waals surface area contributed by atoms with Gasteiger partial charge in [0.15, 0.2) is 0 Å². The zero-order valence-corrected chi connectivity index (χ0v) is 10.2. The average Bonchev–Trinajstić information content (AvgIpc) is 2.37. The molecule has 1 unspecified atom stereocenters. The molecule has 20 heavy (non-hydrogen) atoms. The number of anilines is 1. The van der Waals surface area contributed by atoms with Gasteiger partial charge in [0.1, 0.15) is 11.7 Å². The first-order chi connectivity index (χ1) is 9.36. The Labute approximate surface area is 112 Å². The van der Waals surface area contributed by atoms with Crippen molar-refractivity contribution in [2.75, 3.05) is 5.32 Å². The highest BCUT2D eigenvalue weighted by molar-refractivity contribution is 5.79. The standard InChI is InChI=1S/C11H11N3O6/c1-2-3-9(11(15)16)12-8-5-4-7(13(17)18)6-10(8)14(19)20/h2,4-6,9,12H,1,3H2,(H,15,16). The Hall–Kier alpha value is -2.97. The van der Waals surface area contributed by atoms with Gasteiger partial charge in [-0.15, -0.1) is 6.58 Å². The van der Waals surface area contributed by atoms with Gasteiger partial charge in [0.25, 0.3) is 11.4 Å².